The lowest BCUT2D eigenvalue weighted by atomic mass is 10.3. The molecule has 5 nitrogen and oxygen atoms in total. The van der Waals surface area contributed by atoms with E-state index in [0.29, 0.717) is 22.3 Å². The molecule has 1 aromatic carbocycles. The molecule has 1 heterocycles. The van der Waals surface area contributed by atoms with Gasteiger partial charge in [0, 0.05) is 10.6 Å². The van der Waals surface area contributed by atoms with Gasteiger partial charge in [0.15, 0.2) is 5.82 Å². The molecule has 0 radical (unpaired) electrons. The lowest BCUT2D eigenvalue weighted by Crippen LogP contribution is -1.92. The standard InChI is InChI=1S/C9H10ClN5S/c1-15-13-9(12-14-15)5-16-8-3-2-6(11)4-7(8)10/h2-4H,5,11H2,1H3. The zero-order valence-corrected chi connectivity index (χ0v) is 10.2. The highest BCUT2D eigenvalue weighted by molar-refractivity contribution is 7.98. The van der Waals surface area contributed by atoms with E-state index in [1.54, 1.807) is 24.9 Å². The van der Waals surface area contributed by atoms with Crippen molar-refractivity contribution >= 4 is 29.1 Å². The fourth-order valence-corrected chi connectivity index (χ4v) is 2.27. The van der Waals surface area contributed by atoms with Crippen molar-refractivity contribution in [3.8, 4) is 0 Å². The molecule has 0 aliphatic carbocycles. The van der Waals surface area contributed by atoms with E-state index in [0.717, 1.165) is 4.90 Å². The van der Waals surface area contributed by atoms with Crippen molar-refractivity contribution in [3.63, 3.8) is 0 Å². The maximum Gasteiger partial charge on any atom is 0.184 e. The fourth-order valence-electron chi connectivity index (χ4n) is 1.16. The molecule has 1 aromatic heterocycles. The first-order chi connectivity index (χ1) is 7.65. The highest BCUT2D eigenvalue weighted by Crippen LogP contribution is 2.30. The summed E-state index contributed by atoms with van der Waals surface area (Å²) in [7, 11) is 1.73. The summed E-state index contributed by atoms with van der Waals surface area (Å²) >= 11 is 7.59. The molecule has 0 saturated heterocycles. The van der Waals surface area contributed by atoms with Gasteiger partial charge in [0.25, 0.3) is 0 Å². The summed E-state index contributed by atoms with van der Waals surface area (Å²) in [5, 5.41) is 12.4. The zero-order chi connectivity index (χ0) is 11.5. The predicted octanol–water partition coefficient (Wildman–Crippen LogP) is 1.74. The smallest absolute Gasteiger partial charge is 0.184 e. The highest BCUT2D eigenvalue weighted by Gasteiger charge is 2.05. The van der Waals surface area contributed by atoms with Crippen molar-refractivity contribution in [3.05, 3.63) is 29.0 Å². The number of aryl methyl sites for hydroxylation is 1. The van der Waals surface area contributed by atoms with E-state index in [2.05, 4.69) is 15.4 Å². The third-order valence-electron chi connectivity index (χ3n) is 1.86. The van der Waals surface area contributed by atoms with Crippen molar-refractivity contribution in [2.45, 2.75) is 10.6 Å². The predicted molar refractivity (Wildman–Crippen MR) is 64.2 cm³/mol. The van der Waals surface area contributed by atoms with Crippen LogP contribution in [0.2, 0.25) is 5.02 Å². The van der Waals surface area contributed by atoms with Gasteiger partial charge in [-0.2, -0.15) is 4.80 Å². The minimum Gasteiger partial charge on any atom is -0.399 e. The zero-order valence-electron chi connectivity index (χ0n) is 8.59. The molecule has 84 valence electrons. The van der Waals surface area contributed by atoms with E-state index in [1.165, 1.54) is 4.80 Å². The van der Waals surface area contributed by atoms with E-state index in [1.807, 2.05) is 12.1 Å². The Morgan fingerprint density at radius 3 is 2.94 bits per heavy atom. The summed E-state index contributed by atoms with van der Waals surface area (Å²) in [4.78, 5) is 2.39. The second-order valence-corrected chi connectivity index (χ2v) is 4.60. The first kappa shape index (κ1) is 11.2. The molecule has 0 spiro atoms. The molecular formula is C9H10ClN5S. The highest BCUT2D eigenvalue weighted by atomic mass is 35.5. The molecule has 0 fully saturated rings. The average molecular weight is 256 g/mol. The molecule has 0 saturated carbocycles. The number of hydrogen-bond acceptors (Lipinski definition) is 5. The van der Waals surface area contributed by atoms with Crippen LogP contribution in [0.15, 0.2) is 23.1 Å². The number of rotatable bonds is 3. The molecule has 2 aromatic rings. The number of nitrogen functional groups attached to an aromatic ring is 1. The van der Waals surface area contributed by atoms with Crippen LogP contribution in [0, 0.1) is 0 Å². The van der Waals surface area contributed by atoms with Crippen molar-refractivity contribution < 1.29 is 0 Å². The molecule has 0 unspecified atom stereocenters. The van der Waals surface area contributed by atoms with Gasteiger partial charge in [0.05, 0.1) is 17.8 Å². The lowest BCUT2D eigenvalue weighted by Gasteiger charge is -2.02. The van der Waals surface area contributed by atoms with E-state index in [4.69, 9.17) is 17.3 Å². The second kappa shape index (κ2) is 4.71. The Kier molecular flexibility index (Phi) is 3.31. The number of halogens is 1. The first-order valence-corrected chi connectivity index (χ1v) is 5.92. The average Bonchev–Trinajstić information content (AvgIpc) is 2.63. The molecule has 2 N–H and O–H groups in total. The summed E-state index contributed by atoms with van der Waals surface area (Å²) in [5.74, 6) is 1.32. The Hall–Kier alpha value is -1.27. The van der Waals surface area contributed by atoms with E-state index in [9.17, 15) is 0 Å². The minimum atomic E-state index is 0.636. The maximum absolute atomic E-state index is 6.04. The minimum absolute atomic E-state index is 0.636. The van der Waals surface area contributed by atoms with Crippen molar-refractivity contribution in [1.29, 1.82) is 0 Å². The Morgan fingerprint density at radius 2 is 2.31 bits per heavy atom. The van der Waals surface area contributed by atoms with E-state index in [-0.39, 0.29) is 0 Å². The summed E-state index contributed by atoms with van der Waals surface area (Å²) in [6, 6.07) is 5.44. The molecule has 0 bridgehead atoms. The number of aromatic nitrogens is 4. The third kappa shape index (κ3) is 2.65. The Morgan fingerprint density at radius 1 is 1.50 bits per heavy atom. The molecule has 0 aliphatic heterocycles. The van der Waals surface area contributed by atoms with Gasteiger partial charge in [-0.3, -0.25) is 0 Å². The van der Waals surface area contributed by atoms with Gasteiger partial charge in [-0.05, 0) is 23.4 Å². The van der Waals surface area contributed by atoms with Crippen LogP contribution in [-0.2, 0) is 12.8 Å². The van der Waals surface area contributed by atoms with Gasteiger partial charge in [0.1, 0.15) is 0 Å². The van der Waals surface area contributed by atoms with Gasteiger partial charge >= 0.3 is 0 Å². The Bertz CT molecular complexity index is 498. The molecule has 0 amide bonds. The Balaban J connectivity index is 2.04. The van der Waals surface area contributed by atoms with Crippen LogP contribution in [0.3, 0.4) is 0 Å². The number of tetrazole rings is 1. The van der Waals surface area contributed by atoms with Crippen molar-refractivity contribution in [2.24, 2.45) is 7.05 Å². The molecule has 0 atom stereocenters. The second-order valence-electron chi connectivity index (χ2n) is 3.17. The van der Waals surface area contributed by atoms with Gasteiger partial charge in [-0.1, -0.05) is 11.6 Å². The van der Waals surface area contributed by atoms with Crippen LogP contribution >= 0.6 is 23.4 Å². The lowest BCUT2D eigenvalue weighted by molar-refractivity contribution is 0.628. The quantitative estimate of drug-likeness (QED) is 0.668. The summed E-state index contributed by atoms with van der Waals surface area (Å²) in [5.41, 5.74) is 6.27. The number of nitrogens with two attached hydrogens (primary N) is 1. The van der Waals surface area contributed by atoms with Gasteiger partial charge < -0.3 is 5.73 Å². The number of nitrogens with zero attached hydrogens (tertiary/aromatic N) is 4. The number of hydrogen-bond donors (Lipinski definition) is 1. The van der Waals surface area contributed by atoms with Crippen molar-refractivity contribution in [2.75, 3.05) is 5.73 Å². The topological polar surface area (TPSA) is 69.6 Å². The Labute approximate surface area is 102 Å². The fraction of sp³-hybridized carbons (Fsp3) is 0.222. The summed E-state index contributed by atoms with van der Waals surface area (Å²) < 4.78 is 0. The van der Waals surface area contributed by atoms with Crippen LogP contribution in [0.25, 0.3) is 0 Å². The SMILES string of the molecule is Cn1nnc(CSc2ccc(N)cc2Cl)n1. The van der Waals surface area contributed by atoms with Crippen LogP contribution in [0.4, 0.5) is 5.69 Å². The van der Waals surface area contributed by atoms with Crippen molar-refractivity contribution in [1.82, 2.24) is 20.2 Å². The molecule has 16 heavy (non-hydrogen) atoms. The molecule has 0 aliphatic rings. The third-order valence-corrected chi connectivity index (χ3v) is 3.36. The molecule has 2 rings (SSSR count). The first-order valence-electron chi connectivity index (χ1n) is 4.56. The monoisotopic (exact) mass is 255 g/mol. The summed E-state index contributed by atoms with van der Waals surface area (Å²) in [6.07, 6.45) is 0. The molecule has 7 heteroatoms. The number of benzene rings is 1. The maximum atomic E-state index is 6.04. The van der Waals surface area contributed by atoms with Gasteiger partial charge in [0.2, 0.25) is 0 Å². The van der Waals surface area contributed by atoms with Crippen LogP contribution < -0.4 is 5.73 Å². The number of thioether (sulfide) groups is 1. The van der Waals surface area contributed by atoms with Crippen LogP contribution in [-0.4, -0.2) is 20.2 Å². The number of anilines is 1. The largest absolute Gasteiger partial charge is 0.399 e. The van der Waals surface area contributed by atoms with Gasteiger partial charge in [-0.25, -0.2) is 0 Å². The van der Waals surface area contributed by atoms with Crippen LogP contribution in [0.1, 0.15) is 5.82 Å². The van der Waals surface area contributed by atoms with Gasteiger partial charge in [-0.15, -0.1) is 22.0 Å². The summed E-state index contributed by atoms with van der Waals surface area (Å²) in [6.45, 7) is 0. The normalized spacial score (nSPS) is 10.6. The van der Waals surface area contributed by atoms with Crippen LogP contribution in [0.5, 0.6) is 0 Å². The van der Waals surface area contributed by atoms with E-state index >= 15 is 0 Å². The van der Waals surface area contributed by atoms with E-state index < -0.39 is 0 Å². The molecular weight excluding hydrogens is 246 g/mol.